The Bertz CT molecular complexity index is 1120. The van der Waals surface area contributed by atoms with Crippen molar-refractivity contribution in [3.63, 3.8) is 0 Å². The number of hydrogen-bond donors (Lipinski definition) is 1. The van der Waals surface area contributed by atoms with Crippen LogP contribution in [0.25, 0.3) is 11.0 Å². The van der Waals surface area contributed by atoms with Gasteiger partial charge in [-0.15, -0.1) is 0 Å². The summed E-state index contributed by atoms with van der Waals surface area (Å²) in [5, 5.41) is 4.32. The smallest absolute Gasteiger partial charge is 0.339 e. The molecule has 0 spiro atoms. The molecule has 2 aromatic carbocycles. The summed E-state index contributed by atoms with van der Waals surface area (Å²) in [4.78, 5) is 24.4. The Balaban J connectivity index is 1.50. The van der Waals surface area contributed by atoms with Gasteiger partial charge in [0.1, 0.15) is 11.3 Å². The van der Waals surface area contributed by atoms with E-state index in [1.165, 1.54) is 0 Å². The van der Waals surface area contributed by atoms with E-state index in [4.69, 9.17) is 20.8 Å². The zero-order valence-corrected chi connectivity index (χ0v) is 16.3. The van der Waals surface area contributed by atoms with E-state index >= 15 is 0 Å². The molecule has 0 fully saturated rings. The first-order valence-corrected chi connectivity index (χ1v) is 9.67. The lowest BCUT2D eigenvalue weighted by atomic mass is 9.91. The van der Waals surface area contributed by atoms with Crippen molar-refractivity contribution in [2.24, 2.45) is 0 Å². The van der Waals surface area contributed by atoms with Crippen LogP contribution in [0.3, 0.4) is 0 Å². The Morgan fingerprint density at radius 2 is 1.96 bits per heavy atom. The molecule has 28 heavy (non-hydrogen) atoms. The highest BCUT2D eigenvalue weighted by atomic mass is 35.5. The van der Waals surface area contributed by atoms with Gasteiger partial charge in [-0.1, -0.05) is 17.7 Å². The van der Waals surface area contributed by atoms with E-state index in [1.54, 1.807) is 30.3 Å². The van der Waals surface area contributed by atoms with Crippen LogP contribution < -0.4 is 15.7 Å². The number of rotatable bonds is 4. The molecule has 0 bridgehead atoms. The molecule has 3 aromatic rings. The number of amides is 1. The molecule has 6 heteroatoms. The summed E-state index contributed by atoms with van der Waals surface area (Å²) in [6, 6.07) is 10.7. The van der Waals surface area contributed by atoms with Crippen molar-refractivity contribution in [2.75, 3.05) is 11.9 Å². The predicted octanol–water partition coefficient (Wildman–Crippen LogP) is 4.65. The van der Waals surface area contributed by atoms with E-state index < -0.39 is 0 Å². The number of ether oxygens (including phenoxy) is 1. The molecule has 1 aromatic heterocycles. The second-order valence-corrected chi connectivity index (χ2v) is 7.37. The van der Waals surface area contributed by atoms with Gasteiger partial charge in [-0.25, -0.2) is 4.79 Å². The number of fused-ring (bicyclic) bond motifs is 3. The van der Waals surface area contributed by atoms with Crippen molar-refractivity contribution in [3.8, 4) is 5.75 Å². The average molecular weight is 398 g/mol. The van der Waals surface area contributed by atoms with Gasteiger partial charge < -0.3 is 14.5 Å². The number of carbonyl (C=O) groups excluding carboxylic acids is 1. The minimum absolute atomic E-state index is 0.160. The van der Waals surface area contributed by atoms with Gasteiger partial charge in [0.25, 0.3) is 5.91 Å². The third-order valence-corrected chi connectivity index (χ3v) is 5.52. The standard InChI is InChI=1S/C22H20ClNO4/c1-13-18(23)7-4-8-19(13)24-21(25)12-27-14-9-10-16-15-5-2-3-6-17(15)22(26)28-20(16)11-14/h4,7-11H,2-3,5-6,12H2,1H3,(H,24,25). The van der Waals surface area contributed by atoms with Gasteiger partial charge in [0.2, 0.25) is 0 Å². The van der Waals surface area contributed by atoms with Gasteiger partial charge in [-0.3, -0.25) is 4.79 Å². The molecule has 1 aliphatic rings. The molecule has 0 saturated carbocycles. The summed E-state index contributed by atoms with van der Waals surface area (Å²) in [6.45, 7) is 1.68. The normalized spacial score (nSPS) is 13.2. The zero-order chi connectivity index (χ0) is 19.7. The van der Waals surface area contributed by atoms with E-state index in [2.05, 4.69) is 5.32 Å². The monoisotopic (exact) mass is 397 g/mol. The minimum Gasteiger partial charge on any atom is -0.484 e. The fourth-order valence-electron chi connectivity index (χ4n) is 3.59. The third-order valence-electron chi connectivity index (χ3n) is 5.11. The molecule has 5 nitrogen and oxygen atoms in total. The lowest BCUT2D eigenvalue weighted by Gasteiger charge is -2.16. The van der Waals surface area contributed by atoms with Crippen LogP contribution in [-0.2, 0) is 17.6 Å². The quantitative estimate of drug-likeness (QED) is 0.650. The number of hydrogen-bond acceptors (Lipinski definition) is 4. The Hall–Kier alpha value is -2.79. The Labute approximate surface area is 167 Å². The van der Waals surface area contributed by atoms with Crippen molar-refractivity contribution < 1.29 is 13.9 Å². The number of nitrogens with one attached hydrogen (secondary N) is 1. The highest BCUT2D eigenvalue weighted by Gasteiger charge is 2.18. The van der Waals surface area contributed by atoms with Gasteiger partial charge >= 0.3 is 5.63 Å². The fourth-order valence-corrected chi connectivity index (χ4v) is 3.77. The summed E-state index contributed by atoms with van der Waals surface area (Å²) in [5.74, 6) is 0.182. The highest BCUT2D eigenvalue weighted by Crippen LogP contribution is 2.29. The van der Waals surface area contributed by atoms with Crippen LogP contribution in [0.15, 0.2) is 45.6 Å². The van der Waals surface area contributed by atoms with Gasteiger partial charge in [0.05, 0.1) is 0 Å². The van der Waals surface area contributed by atoms with Crippen molar-refractivity contribution >= 4 is 34.2 Å². The molecule has 0 atom stereocenters. The molecule has 1 aliphatic carbocycles. The number of aryl methyl sites for hydroxylation is 1. The van der Waals surface area contributed by atoms with Gasteiger partial charge in [0.15, 0.2) is 6.61 Å². The van der Waals surface area contributed by atoms with Crippen LogP contribution in [0.5, 0.6) is 5.75 Å². The van der Waals surface area contributed by atoms with Crippen LogP contribution in [0, 0.1) is 6.92 Å². The van der Waals surface area contributed by atoms with Crippen molar-refractivity contribution in [3.05, 3.63) is 68.5 Å². The fraction of sp³-hybridized carbons (Fsp3) is 0.273. The second-order valence-electron chi connectivity index (χ2n) is 6.96. The Morgan fingerprint density at radius 1 is 1.18 bits per heavy atom. The summed E-state index contributed by atoms with van der Waals surface area (Å²) in [5.41, 5.74) is 3.55. The van der Waals surface area contributed by atoms with Gasteiger partial charge in [-0.2, -0.15) is 0 Å². The van der Waals surface area contributed by atoms with Gasteiger partial charge in [0, 0.05) is 27.7 Å². The third kappa shape index (κ3) is 3.62. The van der Waals surface area contributed by atoms with Crippen molar-refractivity contribution in [1.82, 2.24) is 0 Å². The van der Waals surface area contributed by atoms with E-state index in [0.29, 0.717) is 22.0 Å². The number of benzene rings is 2. The molecule has 1 amide bonds. The molecular weight excluding hydrogens is 378 g/mol. The Morgan fingerprint density at radius 3 is 2.79 bits per heavy atom. The van der Waals surface area contributed by atoms with Crippen LogP contribution in [0.2, 0.25) is 5.02 Å². The van der Waals surface area contributed by atoms with Crippen LogP contribution in [0.1, 0.15) is 29.5 Å². The second kappa shape index (κ2) is 7.68. The number of anilines is 1. The van der Waals surface area contributed by atoms with Gasteiger partial charge in [-0.05, 0) is 68.0 Å². The summed E-state index contributed by atoms with van der Waals surface area (Å²) in [6.07, 6.45) is 3.76. The van der Waals surface area contributed by atoms with Crippen LogP contribution in [0.4, 0.5) is 5.69 Å². The molecule has 1 N–H and O–H groups in total. The van der Waals surface area contributed by atoms with E-state index in [9.17, 15) is 9.59 Å². The lowest BCUT2D eigenvalue weighted by molar-refractivity contribution is -0.118. The molecule has 1 heterocycles. The number of carbonyl (C=O) groups is 1. The molecule has 4 rings (SSSR count). The number of halogens is 1. The largest absolute Gasteiger partial charge is 0.484 e. The summed E-state index contributed by atoms with van der Waals surface area (Å²) >= 11 is 6.07. The average Bonchev–Trinajstić information content (AvgIpc) is 2.70. The molecule has 0 radical (unpaired) electrons. The summed E-state index contributed by atoms with van der Waals surface area (Å²) < 4.78 is 11.1. The Kier molecular flexibility index (Phi) is 5.09. The highest BCUT2D eigenvalue weighted by molar-refractivity contribution is 6.31. The first-order valence-electron chi connectivity index (χ1n) is 9.29. The molecule has 0 saturated heterocycles. The SMILES string of the molecule is Cc1c(Cl)cccc1NC(=O)COc1ccc2c3c(c(=O)oc2c1)CCCC3. The van der Waals surface area contributed by atoms with Crippen molar-refractivity contribution in [1.29, 1.82) is 0 Å². The lowest BCUT2D eigenvalue weighted by Crippen LogP contribution is -2.20. The maximum atomic E-state index is 12.2. The van der Waals surface area contributed by atoms with Crippen LogP contribution >= 0.6 is 11.6 Å². The molecule has 144 valence electrons. The first kappa shape index (κ1) is 18.6. The molecule has 0 unspecified atom stereocenters. The molecule has 0 aliphatic heterocycles. The van der Waals surface area contributed by atoms with E-state index in [-0.39, 0.29) is 18.1 Å². The van der Waals surface area contributed by atoms with E-state index in [1.807, 2.05) is 13.0 Å². The van der Waals surface area contributed by atoms with E-state index in [0.717, 1.165) is 47.8 Å². The van der Waals surface area contributed by atoms with Crippen molar-refractivity contribution in [2.45, 2.75) is 32.6 Å². The maximum Gasteiger partial charge on any atom is 0.339 e. The summed E-state index contributed by atoms with van der Waals surface area (Å²) in [7, 11) is 0. The predicted molar refractivity (Wildman–Crippen MR) is 109 cm³/mol. The minimum atomic E-state index is -0.294. The maximum absolute atomic E-state index is 12.2. The molecular formula is C22H20ClNO4. The van der Waals surface area contributed by atoms with Crippen LogP contribution in [-0.4, -0.2) is 12.5 Å². The topological polar surface area (TPSA) is 68.5 Å². The zero-order valence-electron chi connectivity index (χ0n) is 15.5. The first-order chi connectivity index (χ1) is 13.5.